The third-order valence-corrected chi connectivity index (χ3v) is 4.47. The minimum atomic E-state index is -0.0787. The van der Waals surface area contributed by atoms with Crippen LogP contribution in [0.4, 0.5) is 11.5 Å². The van der Waals surface area contributed by atoms with Crippen LogP contribution in [0.3, 0.4) is 0 Å². The van der Waals surface area contributed by atoms with Crippen LogP contribution in [0.2, 0.25) is 0 Å². The average Bonchev–Trinajstić information content (AvgIpc) is 2.69. The molecule has 1 aromatic carbocycles. The summed E-state index contributed by atoms with van der Waals surface area (Å²) in [6.45, 7) is 6.99. The lowest BCUT2D eigenvalue weighted by atomic mass is 10.1. The summed E-state index contributed by atoms with van der Waals surface area (Å²) in [5.41, 5.74) is 2.85. The third kappa shape index (κ3) is 5.28. The Labute approximate surface area is 154 Å². The Morgan fingerprint density at radius 1 is 1.19 bits per heavy atom. The van der Waals surface area contributed by atoms with Gasteiger partial charge >= 0.3 is 0 Å². The normalized spacial score (nSPS) is 14.8. The molecule has 0 aliphatic carbocycles. The predicted octanol–water partition coefficient (Wildman–Crippen LogP) is 2.45. The van der Waals surface area contributed by atoms with Gasteiger partial charge in [-0.05, 0) is 36.2 Å². The Bertz CT molecular complexity index is 712. The van der Waals surface area contributed by atoms with Gasteiger partial charge in [0.15, 0.2) is 0 Å². The topological polar surface area (TPSA) is 66.5 Å². The molecule has 0 saturated carbocycles. The van der Waals surface area contributed by atoms with E-state index in [1.807, 2.05) is 12.1 Å². The largest absolute Gasteiger partial charge is 0.379 e. The van der Waals surface area contributed by atoms with E-state index in [0.29, 0.717) is 17.9 Å². The van der Waals surface area contributed by atoms with Gasteiger partial charge in [0.2, 0.25) is 0 Å². The molecule has 1 aromatic heterocycles. The first-order valence-corrected chi connectivity index (χ1v) is 9.15. The monoisotopic (exact) mass is 354 g/mol. The Kier molecular flexibility index (Phi) is 6.57. The first kappa shape index (κ1) is 18.4. The molecular weight excluding hydrogens is 328 g/mol. The Balaban J connectivity index is 1.52. The zero-order valence-electron chi connectivity index (χ0n) is 15.2. The second kappa shape index (κ2) is 9.31. The van der Waals surface area contributed by atoms with Crippen LogP contribution < -0.4 is 10.6 Å². The molecule has 0 atom stereocenters. The maximum atomic E-state index is 12.4. The Hall–Kier alpha value is -2.44. The van der Waals surface area contributed by atoms with E-state index in [-0.39, 0.29) is 5.91 Å². The second-order valence-corrected chi connectivity index (χ2v) is 6.32. The zero-order chi connectivity index (χ0) is 18.2. The number of benzene rings is 1. The van der Waals surface area contributed by atoms with Gasteiger partial charge in [-0.15, -0.1) is 0 Å². The van der Waals surface area contributed by atoms with Crippen molar-refractivity contribution in [2.24, 2.45) is 0 Å². The molecule has 0 radical (unpaired) electrons. The maximum absolute atomic E-state index is 12.4. The standard InChI is InChI=1S/C20H26N4O2/c1-2-16-3-5-18(6-4-16)23-19-15-17(7-8-21-19)20(25)22-9-10-24-11-13-26-14-12-24/h3-8,15H,2,9-14H2,1H3,(H,21,23)(H,22,25). The molecule has 3 rings (SSSR count). The van der Waals surface area contributed by atoms with Crippen LogP contribution in [0.5, 0.6) is 0 Å². The van der Waals surface area contributed by atoms with Gasteiger partial charge in [0.1, 0.15) is 5.82 Å². The van der Waals surface area contributed by atoms with Crippen LogP contribution in [0.1, 0.15) is 22.8 Å². The summed E-state index contributed by atoms with van der Waals surface area (Å²) in [6, 6.07) is 11.7. The minimum Gasteiger partial charge on any atom is -0.379 e. The molecule has 0 bridgehead atoms. The number of nitrogens with zero attached hydrogens (tertiary/aromatic N) is 2. The van der Waals surface area contributed by atoms with Crippen molar-refractivity contribution in [2.75, 3.05) is 44.7 Å². The Morgan fingerprint density at radius 3 is 2.69 bits per heavy atom. The van der Waals surface area contributed by atoms with Crippen LogP contribution in [0.15, 0.2) is 42.6 Å². The number of morpholine rings is 1. The second-order valence-electron chi connectivity index (χ2n) is 6.32. The van der Waals surface area contributed by atoms with E-state index in [9.17, 15) is 4.79 Å². The molecule has 1 amide bonds. The van der Waals surface area contributed by atoms with Gasteiger partial charge < -0.3 is 15.4 Å². The first-order chi connectivity index (χ1) is 12.7. The number of pyridine rings is 1. The molecule has 138 valence electrons. The summed E-state index contributed by atoms with van der Waals surface area (Å²) < 4.78 is 5.33. The number of amides is 1. The van der Waals surface area contributed by atoms with E-state index in [0.717, 1.165) is 45.0 Å². The van der Waals surface area contributed by atoms with E-state index in [2.05, 4.69) is 39.6 Å². The number of anilines is 2. The Morgan fingerprint density at radius 2 is 1.96 bits per heavy atom. The van der Waals surface area contributed by atoms with E-state index >= 15 is 0 Å². The van der Waals surface area contributed by atoms with E-state index in [4.69, 9.17) is 4.74 Å². The SMILES string of the molecule is CCc1ccc(Nc2cc(C(=O)NCCN3CCOCC3)ccn2)cc1. The fourth-order valence-electron chi connectivity index (χ4n) is 2.87. The number of ether oxygens (including phenoxy) is 1. The van der Waals surface area contributed by atoms with Gasteiger partial charge in [0.05, 0.1) is 13.2 Å². The lowest BCUT2D eigenvalue weighted by molar-refractivity contribution is 0.0383. The molecule has 2 N–H and O–H groups in total. The predicted molar refractivity (Wildman–Crippen MR) is 103 cm³/mol. The van der Waals surface area contributed by atoms with Crippen LogP contribution in [-0.2, 0) is 11.2 Å². The van der Waals surface area contributed by atoms with Crippen molar-refractivity contribution in [3.8, 4) is 0 Å². The van der Waals surface area contributed by atoms with Gasteiger partial charge in [0, 0.05) is 43.6 Å². The number of aromatic nitrogens is 1. The molecule has 2 heterocycles. The smallest absolute Gasteiger partial charge is 0.251 e. The highest BCUT2D eigenvalue weighted by Gasteiger charge is 2.11. The molecule has 26 heavy (non-hydrogen) atoms. The summed E-state index contributed by atoms with van der Waals surface area (Å²) in [6.07, 6.45) is 2.66. The highest BCUT2D eigenvalue weighted by Crippen LogP contribution is 2.16. The maximum Gasteiger partial charge on any atom is 0.251 e. The van der Waals surface area contributed by atoms with Gasteiger partial charge in [-0.25, -0.2) is 4.98 Å². The minimum absolute atomic E-state index is 0.0787. The van der Waals surface area contributed by atoms with Gasteiger partial charge in [-0.1, -0.05) is 19.1 Å². The van der Waals surface area contributed by atoms with Crippen LogP contribution in [0, 0.1) is 0 Å². The number of hydrogen-bond donors (Lipinski definition) is 2. The van der Waals surface area contributed by atoms with E-state index < -0.39 is 0 Å². The molecule has 1 aliphatic rings. The zero-order valence-corrected chi connectivity index (χ0v) is 15.2. The van der Waals surface area contributed by atoms with Crippen molar-refractivity contribution in [2.45, 2.75) is 13.3 Å². The van der Waals surface area contributed by atoms with Crippen molar-refractivity contribution < 1.29 is 9.53 Å². The number of aryl methyl sites for hydroxylation is 1. The quantitative estimate of drug-likeness (QED) is 0.799. The molecule has 1 saturated heterocycles. The lowest BCUT2D eigenvalue weighted by Gasteiger charge is -2.26. The van der Waals surface area contributed by atoms with Gasteiger partial charge in [-0.3, -0.25) is 9.69 Å². The van der Waals surface area contributed by atoms with E-state index in [1.165, 1.54) is 5.56 Å². The molecule has 0 spiro atoms. The summed E-state index contributed by atoms with van der Waals surface area (Å²) in [5.74, 6) is 0.583. The number of rotatable bonds is 7. The van der Waals surface area contributed by atoms with Crippen molar-refractivity contribution >= 4 is 17.4 Å². The molecule has 1 aliphatic heterocycles. The van der Waals surface area contributed by atoms with Crippen LogP contribution in [0.25, 0.3) is 0 Å². The van der Waals surface area contributed by atoms with Crippen molar-refractivity contribution in [3.05, 3.63) is 53.7 Å². The van der Waals surface area contributed by atoms with Crippen molar-refractivity contribution in [1.82, 2.24) is 15.2 Å². The molecule has 0 unspecified atom stereocenters. The molecule has 2 aromatic rings. The summed E-state index contributed by atoms with van der Waals surface area (Å²) in [7, 11) is 0. The molecule has 6 nitrogen and oxygen atoms in total. The van der Waals surface area contributed by atoms with E-state index in [1.54, 1.807) is 18.3 Å². The molecule has 6 heteroatoms. The lowest BCUT2D eigenvalue weighted by Crippen LogP contribution is -2.41. The molecular formula is C20H26N4O2. The summed E-state index contributed by atoms with van der Waals surface area (Å²) >= 11 is 0. The van der Waals surface area contributed by atoms with Gasteiger partial charge in [0.25, 0.3) is 5.91 Å². The highest BCUT2D eigenvalue weighted by atomic mass is 16.5. The number of nitrogens with one attached hydrogen (secondary N) is 2. The summed E-state index contributed by atoms with van der Waals surface area (Å²) in [5, 5.41) is 6.22. The van der Waals surface area contributed by atoms with Crippen LogP contribution >= 0.6 is 0 Å². The highest BCUT2D eigenvalue weighted by molar-refractivity contribution is 5.94. The third-order valence-electron chi connectivity index (χ3n) is 4.47. The summed E-state index contributed by atoms with van der Waals surface area (Å²) in [4.78, 5) is 19.0. The first-order valence-electron chi connectivity index (χ1n) is 9.15. The van der Waals surface area contributed by atoms with Crippen LogP contribution in [-0.4, -0.2) is 55.2 Å². The fraction of sp³-hybridized carbons (Fsp3) is 0.400. The van der Waals surface area contributed by atoms with Gasteiger partial charge in [-0.2, -0.15) is 0 Å². The van der Waals surface area contributed by atoms with Crippen molar-refractivity contribution in [3.63, 3.8) is 0 Å². The number of carbonyl (C=O) groups excluding carboxylic acids is 1. The fourth-order valence-corrected chi connectivity index (χ4v) is 2.87. The number of hydrogen-bond acceptors (Lipinski definition) is 5. The molecule has 1 fully saturated rings. The average molecular weight is 354 g/mol. The van der Waals surface area contributed by atoms with Crippen molar-refractivity contribution in [1.29, 1.82) is 0 Å². The number of carbonyl (C=O) groups is 1.